The van der Waals surface area contributed by atoms with Gasteiger partial charge < -0.3 is 9.32 Å². The number of nitrogens with zero attached hydrogens (tertiary/aromatic N) is 1. The molecule has 342 valence electrons. The minimum Gasteiger partial charge on any atom is -0.455 e. The summed E-state index contributed by atoms with van der Waals surface area (Å²) in [6.45, 7) is 0. The van der Waals surface area contributed by atoms with E-state index in [2.05, 4.69) is 266 Å². The summed E-state index contributed by atoms with van der Waals surface area (Å²) >= 11 is 0. The van der Waals surface area contributed by atoms with Crippen molar-refractivity contribution >= 4 is 55.3 Å². The van der Waals surface area contributed by atoms with Crippen molar-refractivity contribution in [1.29, 1.82) is 0 Å². The minimum absolute atomic E-state index is 0.478. The van der Waals surface area contributed by atoms with Gasteiger partial charge >= 0.3 is 0 Å². The molecule has 0 fully saturated rings. The highest BCUT2D eigenvalue weighted by molar-refractivity contribution is 6.16. The number of para-hydroxylation sites is 1. The molecule has 0 amide bonds. The number of allylic oxidation sites excluding steroid dienone is 4. The molecule has 0 atom stereocenters. The number of hydrogen-bond donors (Lipinski definition) is 0. The van der Waals surface area contributed by atoms with Crippen LogP contribution in [-0.4, -0.2) is 0 Å². The second-order valence-corrected chi connectivity index (χ2v) is 19.8. The molecule has 0 unspecified atom stereocenters. The Morgan fingerprint density at radius 1 is 0.356 bits per heavy atom. The SMILES string of the molecule is C1=CC(c2ccc(-c3ccc(N(c4ccc5c(c4)C4(c6ccccc6-c6ccccc64)c4ccccc4-5)c4ccccc4-c4ccc5oc6c7ccccc7ccc6c5c4)cc3)cc2-c2ccccc2)=CCC1. The number of fused-ring (bicyclic) bond motifs is 15. The van der Waals surface area contributed by atoms with E-state index in [-0.39, 0.29) is 0 Å². The maximum atomic E-state index is 6.64. The van der Waals surface area contributed by atoms with Crippen LogP contribution >= 0.6 is 0 Å². The van der Waals surface area contributed by atoms with Crippen molar-refractivity contribution in [3.63, 3.8) is 0 Å². The van der Waals surface area contributed by atoms with E-state index in [0.717, 1.165) is 68.4 Å². The van der Waals surface area contributed by atoms with Gasteiger partial charge in [-0.05, 0) is 156 Å². The van der Waals surface area contributed by atoms with Crippen LogP contribution in [-0.2, 0) is 5.41 Å². The lowest BCUT2D eigenvalue weighted by Crippen LogP contribution is -2.26. The van der Waals surface area contributed by atoms with Gasteiger partial charge in [-0.1, -0.05) is 206 Å². The Hall–Kier alpha value is -9.24. The molecule has 1 aromatic heterocycles. The van der Waals surface area contributed by atoms with Gasteiger partial charge in [-0.2, -0.15) is 0 Å². The van der Waals surface area contributed by atoms with Crippen LogP contribution in [0.1, 0.15) is 40.7 Å². The van der Waals surface area contributed by atoms with Crippen LogP contribution in [0.25, 0.3) is 93.9 Å². The van der Waals surface area contributed by atoms with E-state index in [1.807, 2.05) is 0 Å². The first-order valence-electron chi connectivity index (χ1n) is 25.5. The molecular formula is C71H47NO. The molecule has 0 N–H and O–H groups in total. The third-order valence-electron chi connectivity index (χ3n) is 15.9. The summed E-state index contributed by atoms with van der Waals surface area (Å²) in [5.41, 5.74) is 24.7. The number of furan rings is 1. The van der Waals surface area contributed by atoms with Gasteiger partial charge in [0.15, 0.2) is 0 Å². The molecule has 2 heteroatoms. The van der Waals surface area contributed by atoms with Crippen molar-refractivity contribution in [2.45, 2.75) is 18.3 Å². The molecule has 0 bridgehead atoms. The molecule has 15 rings (SSSR count). The van der Waals surface area contributed by atoms with Crippen LogP contribution in [0, 0.1) is 0 Å². The van der Waals surface area contributed by atoms with Gasteiger partial charge in [0.05, 0.1) is 11.1 Å². The number of hydrogen-bond acceptors (Lipinski definition) is 2. The molecule has 73 heavy (non-hydrogen) atoms. The molecule has 1 heterocycles. The maximum absolute atomic E-state index is 6.64. The summed E-state index contributed by atoms with van der Waals surface area (Å²) in [7, 11) is 0. The highest BCUT2D eigenvalue weighted by atomic mass is 16.3. The fourth-order valence-electron chi connectivity index (χ4n) is 12.7. The molecule has 0 radical (unpaired) electrons. The average Bonchev–Trinajstić information content (AvgIpc) is 4.11. The predicted octanol–water partition coefficient (Wildman–Crippen LogP) is 19.3. The molecule has 1 spiro atoms. The minimum atomic E-state index is -0.478. The molecule has 0 saturated heterocycles. The molecule has 3 aliphatic rings. The summed E-state index contributed by atoms with van der Waals surface area (Å²) in [6, 6.07) is 89.9. The largest absolute Gasteiger partial charge is 0.455 e. The summed E-state index contributed by atoms with van der Waals surface area (Å²) in [5, 5.41) is 4.53. The monoisotopic (exact) mass is 929 g/mol. The van der Waals surface area contributed by atoms with Gasteiger partial charge in [-0.3, -0.25) is 0 Å². The highest BCUT2D eigenvalue weighted by Gasteiger charge is 2.51. The fourth-order valence-corrected chi connectivity index (χ4v) is 12.7. The van der Waals surface area contributed by atoms with Crippen molar-refractivity contribution in [1.82, 2.24) is 0 Å². The smallest absolute Gasteiger partial charge is 0.143 e. The van der Waals surface area contributed by atoms with Gasteiger partial charge in [0.25, 0.3) is 0 Å². The van der Waals surface area contributed by atoms with E-state index in [9.17, 15) is 0 Å². The fraction of sp³-hybridized carbons (Fsp3) is 0.0423. The van der Waals surface area contributed by atoms with Crippen LogP contribution < -0.4 is 4.90 Å². The maximum Gasteiger partial charge on any atom is 0.143 e. The van der Waals surface area contributed by atoms with Crippen LogP contribution in [0.3, 0.4) is 0 Å². The summed E-state index contributed by atoms with van der Waals surface area (Å²) in [5.74, 6) is 0. The standard InChI is InChI=1S/C71H47NO/c1-3-17-47(18-4-1)54-39-34-50(43-62(54)48-19-5-2-6-20-48)46-31-36-52(37-32-46)72(68-30-16-12-22-55(68)51-35-42-69-63(44-51)61-40-33-49-21-7-8-23-56(49)70(61)73-69)53-38-41-60-59-26-11-15-29-66(59)71(67(60)45-53)64-27-13-9-24-57(64)58-25-10-14-28-65(58)71/h2-3,5-45H,1,4H2. The Bertz CT molecular complexity index is 4200. The Morgan fingerprint density at radius 3 is 1.71 bits per heavy atom. The van der Waals surface area contributed by atoms with Crippen LogP contribution in [0.15, 0.2) is 265 Å². The van der Waals surface area contributed by atoms with E-state index < -0.39 is 5.41 Å². The Morgan fingerprint density at radius 2 is 0.973 bits per heavy atom. The molecular weight excluding hydrogens is 883 g/mol. The summed E-state index contributed by atoms with van der Waals surface area (Å²) in [6.07, 6.45) is 9.11. The first-order chi connectivity index (χ1) is 36.2. The molecule has 2 nitrogen and oxygen atoms in total. The second kappa shape index (κ2) is 16.4. The topological polar surface area (TPSA) is 16.4 Å². The normalized spacial score (nSPS) is 13.8. The Labute approximate surface area is 425 Å². The van der Waals surface area contributed by atoms with Gasteiger partial charge in [0, 0.05) is 33.1 Å². The summed E-state index contributed by atoms with van der Waals surface area (Å²) < 4.78 is 6.64. The first kappa shape index (κ1) is 41.5. The zero-order valence-corrected chi connectivity index (χ0v) is 40.1. The quantitative estimate of drug-likeness (QED) is 0.158. The molecule has 12 aromatic rings. The molecule has 3 aliphatic carbocycles. The lowest BCUT2D eigenvalue weighted by atomic mass is 9.70. The van der Waals surface area contributed by atoms with Gasteiger partial charge in [-0.15, -0.1) is 0 Å². The van der Waals surface area contributed by atoms with Crippen molar-refractivity contribution < 1.29 is 4.42 Å². The van der Waals surface area contributed by atoms with Crippen LogP contribution in [0.4, 0.5) is 17.1 Å². The number of anilines is 3. The van der Waals surface area contributed by atoms with Crippen molar-refractivity contribution in [2.75, 3.05) is 4.90 Å². The van der Waals surface area contributed by atoms with Crippen molar-refractivity contribution in [2.24, 2.45) is 0 Å². The Kier molecular flexibility index (Phi) is 9.34. The Balaban J connectivity index is 0.926. The van der Waals surface area contributed by atoms with E-state index in [4.69, 9.17) is 4.42 Å². The van der Waals surface area contributed by atoms with Crippen molar-refractivity contribution in [3.8, 4) is 55.6 Å². The molecule has 0 saturated carbocycles. The molecule has 11 aromatic carbocycles. The number of benzene rings is 11. The lowest BCUT2D eigenvalue weighted by Gasteiger charge is -2.32. The third-order valence-corrected chi connectivity index (χ3v) is 15.9. The zero-order chi connectivity index (χ0) is 48.0. The van der Waals surface area contributed by atoms with E-state index in [0.29, 0.717) is 0 Å². The van der Waals surface area contributed by atoms with E-state index >= 15 is 0 Å². The van der Waals surface area contributed by atoms with E-state index in [1.165, 1.54) is 83.3 Å². The zero-order valence-electron chi connectivity index (χ0n) is 40.1. The van der Waals surface area contributed by atoms with Gasteiger partial charge in [-0.25, -0.2) is 0 Å². The predicted molar refractivity (Wildman–Crippen MR) is 305 cm³/mol. The van der Waals surface area contributed by atoms with E-state index in [1.54, 1.807) is 0 Å². The average molecular weight is 930 g/mol. The second-order valence-electron chi connectivity index (χ2n) is 19.8. The molecule has 0 aliphatic heterocycles. The lowest BCUT2D eigenvalue weighted by molar-refractivity contribution is 0.672. The van der Waals surface area contributed by atoms with Gasteiger partial charge in [0.1, 0.15) is 11.2 Å². The number of rotatable bonds is 7. The van der Waals surface area contributed by atoms with Crippen LogP contribution in [0.5, 0.6) is 0 Å². The first-order valence-corrected chi connectivity index (χ1v) is 25.5. The van der Waals surface area contributed by atoms with Crippen molar-refractivity contribution in [3.05, 3.63) is 289 Å². The van der Waals surface area contributed by atoms with Gasteiger partial charge in [0.2, 0.25) is 0 Å². The van der Waals surface area contributed by atoms with Crippen LogP contribution in [0.2, 0.25) is 0 Å². The third kappa shape index (κ3) is 6.30. The highest BCUT2D eigenvalue weighted by Crippen LogP contribution is 2.63. The summed E-state index contributed by atoms with van der Waals surface area (Å²) in [4.78, 5) is 2.48.